The van der Waals surface area contributed by atoms with Crippen molar-refractivity contribution in [1.29, 1.82) is 0 Å². The van der Waals surface area contributed by atoms with Gasteiger partial charge in [0.25, 0.3) is 0 Å². The lowest BCUT2D eigenvalue weighted by molar-refractivity contribution is 0.171. The predicted octanol–water partition coefficient (Wildman–Crippen LogP) is 1.92. The smallest absolute Gasteiger partial charge is 0.238 e. The van der Waals surface area contributed by atoms with Gasteiger partial charge in [-0.2, -0.15) is 0 Å². The lowest BCUT2D eigenvalue weighted by Gasteiger charge is -2.16. The van der Waals surface area contributed by atoms with Gasteiger partial charge in [-0.15, -0.1) is 0 Å². The van der Waals surface area contributed by atoms with Crippen molar-refractivity contribution in [2.75, 3.05) is 27.4 Å². The molecular weight excluding hydrogens is 404 g/mol. The van der Waals surface area contributed by atoms with Gasteiger partial charge < -0.3 is 20.1 Å². The monoisotopic (exact) mass is 434 g/mol. The first-order chi connectivity index (χ1) is 14.3. The molecule has 0 aliphatic rings. The summed E-state index contributed by atoms with van der Waals surface area (Å²) in [5.74, 6) is 1.41. The Morgan fingerprint density at radius 2 is 1.87 bits per heavy atom. The molecule has 0 aliphatic heterocycles. The molecule has 0 aliphatic carbocycles. The molecule has 4 N–H and O–H groups in total. The molecular formula is C21H30N4O4S. The van der Waals surface area contributed by atoms with Crippen LogP contribution in [0, 0.1) is 6.92 Å². The second kappa shape index (κ2) is 11.5. The van der Waals surface area contributed by atoms with Gasteiger partial charge in [0, 0.05) is 45.8 Å². The fourth-order valence-corrected chi connectivity index (χ4v) is 3.33. The molecule has 0 heterocycles. The maximum atomic E-state index is 11.5. The minimum Gasteiger partial charge on any atom is -0.493 e. The van der Waals surface area contributed by atoms with Crippen LogP contribution < -0.4 is 20.5 Å². The van der Waals surface area contributed by atoms with E-state index in [0.717, 1.165) is 28.9 Å². The quantitative estimate of drug-likeness (QED) is 0.299. The molecule has 0 radical (unpaired) electrons. The maximum absolute atomic E-state index is 11.5. The molecule has 9 heteroatoms. The number of rotatable bonds is 10. The third-order valence-electron chi connectivity index (χ3n) is 4.33. The maximum Gasteiger partial charge on any atom is 0.238 e. The van der Waals surface area contributed by atoms with Gasteiger partial charge >= 0.3 is 0 Å². The van der Waals surface area contributed by atoms with Crippen molar-refractivity contribution in [1.82, 2.24) is 10.6 Å². The second-order valence-electron chi connectivity index (χ2n) is 6.78. The lowest BCUT2D eigenvalue weighted by Crippen LogP contribution is -2.36. The van der Waals surface area contributed by atoms with Crippen LogP contribution in [-0.2, 0) is 27.8 Å². The molecule has 2 aromatic carbocycles. The summed E-state index contributed by atoms with van der Waals surface area (Å²) in [6.07, 6.45) is 0.818. The summed E-state index contributed by atoms with van der Waals surface area (Å²) >= 11 is 0. The number of aliphatic imine (C=N–C) groups is 1. The highest BCUT2D eigenvalue weighted by atomic mass is 32.2. The normalized spacial score (nSPS) is 11.9. The van der Waals surface area contributed by atoms with Gasteiger partial charge in [-0.25, -0.2) is 13.6 Å². The summed E-state index contributed by atoms with van der Waals surface area (Å²) in [7, 11) is -0.384. The Labute approximate surface area is 178 Å². The molecule has 0 saturated carbocycles. The summed E-state index contributed by atoms with van der Waals surface area (Å²) < 4.78 is 34.0. The predicted molar refractivity (Wildman–Crippen MR) is 118 cm³/mol. The van der Waals surface area contributed by atoms with Crippen LogP contribution in [0.5, 0.6) is 5.75 Å². The Morgan fingerprint density at radius 3 is 2.57 bits per heavy atom. The highest BCUT2D eigenvalue weighted by Gasteiger charge is 2.09. The lowest BCUT2D eigenvalue weighted by atomic mass is 10.1. The van der Waals surface area contributed by atoms with Crippen LogP contribution >= 0.6 is 0 Å². The van der Waals surface area contributed by atoms with Gasteiger partial charge in [-0.1, -0.05) is 24.3 Å². The van der Waals surface area contributed by atoms with Crippen LogP contribution in [-0.4, -0.2) is 41.7 Å². The second-order valence-corrected chi connectivity index (χ2v) is 8.34. The molecule has 0 aromatic heterocycles. The zero-order chi connectivity index (χ0) is 22.0. The first-order valence-corrected chi connectivity index (χ1v) is 11.2. The van der Waals surface area contributed by atoms with Gasteiger partial charge in [-0.05, 0) is 36.2 Å². The Bertz CT molecular complexity index is 961. The summed E-state index contributed by atoms with van der Waals surface area (Å²) in [5.41, 5.74) is 2.91. The first kappa shape index (κ1) is 23.7. The molecule has 0 spiro atoms. The summed E-state index contributed by atoms with van der Waals surface area (Å²) in [6.45, 7) is 4.18. The van der Waals surface area contributed by atoms with E-state index in [4.69, 9.17) is 14.6 Å². The number of sulfonamides is 1. The molecule has 8 nitrogen and oxygen atoms in total. The summed E-state index contributed by atoms with van der Waals surface area (Å²) in [6, 6.07) is 12.6. The molecule has 0 atom stereocenters. The van der Waals surface area contributed by atoms with Crippen molar-refractivity contribution in [2.45, 2.75) is 31.3 Å². The van der Waals surface area contributed by atoms with Crippen LogP contribution in [0.3, 0.4) is 0 Å². The number of guanidine groups is 1. The Balaban J connectivity index is 1.96. The SMILES string of the molecule is CN=C(NCc1cccc(S(N)(=O)=O)c1)NCc1ccc(C)cc1OCCCOC. The zero-order valence-corrected chi connectivity index (χ0v) is 18.5. The van der Waals surface area contributed by atoms with Crippen LogP contribution in [0.1, 0.15) is 23.1 Å². The van der Waals surface area contributed by atoms with Gasteiger partial charge in [0.05, 0.1) is 11.5 Å². The number of hydrogen-bond acceptors (Lipinski definition) is 5. The number of ether oxygens (including phenoxy) is 2. The number of benzene rings is 2. The molecule has 0 bridgehead atoms. The fraction of sp³-hybridized carbons (Fsp3) is 0.381. The van der Waals surface area contributed by atoms with Crippen LogP contribution in [0.2, 0.25) is 0 Å². The van der Waals surface area contributed by atoms with Gasteiger partial charge in [-0.3, -0.25) is 4.99 Å². The van der Waals surface area contributed by atoms with Gasteiger partial charge in [0.15, 0.2) is 5.96 Å². The van der Waals surface area contributed by atoms with Crippen molar-refractivity contribution in [2.24, 2.45) is 10.1 Å². The van der Waals surface area contributed by atoms with Gasteiger partial charge in [0.2, 0.25) is 10.0 Å². The van der Waals surface area contributed by atoms with E-state index in [9.17, 15) is 8.42 Å². The standard InChI is InChI=1S/C21H30N4O4S/c1-16-8-9-18(20(12-16)29-11-5-10-28-3)15-25-21(23-2)24-14-17-6-4-7-19(13-17)30(22,26)27/h4,6-9,12-13H,5,10-11,14-15H2,1-3H3,(H2,22,26,27)(H2,23,24,25). The molecule has 164 valence electrons. The highest BCUT2D eigenvalue weighted by Crippen LogP contribution is 2.20. The van der Waals surface area contributed by atoms with Gasteiger partial charge in [0.1, 0.15) is 5.75 Å². The van der Waals surface area contributed by atoms with Crippen molar-refractivity contribution < 1.29 is 17.9 Å². The summed E-state index contributed by atoms with van der Waals surface area (Å²) in [5, 5.41) is 11.6. The summed E-state index contributed by atoms with van der Waals surface area (Å²) in [4.78, 5) is 4.30. The van der Waals surface area contributed by atoms with E-state index in [1.165, 1.54) is 6.07 Å². The first-order valence-electron chi connectivity index (χ1n) is 9.61. The topological polar surface area (TPSA) is 115 Å². The Kier molecular flexibility index (Phi) is 9.10. The van der Waals surface area contributed by atoms with E-state index in [-0.39, 0.29) is 4.90 Å². The molecule has 2 aromatic rings. The van der Waals surface area contributed by atoms with E-state index in [1.54, 1.807) is 26.3 Å². The minimum absolute atomic E-state index is 0.0830. The van der Waals surface area contributed by atoms with E-state index >= 15 is 0 Å². The average molecular weight is 435 g/mol. The van der Waals surface area contributed by atoms with Crippen LogP contribution in [0.15, 0.2) is 52.4 Å². The molecule has 2 rings (SSSR count). The fourth-order valence-electron chi connectivity index (χ4n) is 2.75. The number of hydrogen-bond donors (Lipinski definition) is 3. The van der Waals surface area contributed by atoms with E-state index in [2.05, 4.69) is 15.6 Å². The highest BCUT2D eigenvalue weighted by molar-refractivity contribution is 7.89. The number of aryl methyl sites for hydroxylation is 1. The molecule has 30 heavy (non-hydrogen) atoms. The molecule has 0 unspecified atom stereocenters. The van der Waals surface area contributed by atoms with Crippen molar-refractivity contribution >= 4 is 16.0 Å². The largest absolute Gasteiger partial charge is 0.493 e. The van der Waals surface area contributed by atoms with Crippen molar-refractivity contribution in [3.05, 3.63) is 59.2 Å². The van der Waals surface area contributed by atoms with Crippen LogP contribution in [0.4, 0.5) is 0 Å². The number of primary sulfonamides is 1. The van der Waals surface area contributed by atoms with Crippen molar-refractivity contribution in [3.8, 4) is 5.75 Å². The van der Waals surface area contributed by atoms with Crippen LogP contribution in [0.25, 0.3) is 0 Å². The minimum atomic E-state index is -3.73. The third-order valence-corrected chi connectivity index (χ3v) is 5.24. The number of nitrogens with one attached hydrogen (secondary N) is 2. The van der Waals surface area contributed by atoms with E-state index in [0.29, 0.717) is 32.3 Å². The number of nitrogens with zero attached hydrogens (tertiary/aromatic N) is 1. The Morgan fingerprint density at radius 1 is 1.10 bits per heavy atom. The molecule has 0 fully saturated rings. The molecule has 0 amide bonds. The third kappa shape index (κ3) is 7.66. The van der Waals surface area contributed by atoms with E-state index in [1.807, 2.05) is 31.2 Å². The van der Waals surface area contributed by atoms with E-state index < -0.39 is 10.0 Å². The number of nitrogens with two attached hydrogens (primary N) is 1. The Hall–Kier alpha value is -2.62. The average Bonchev–Trinajstić information content (AvgIpc) is 2.72. The molecule has 0 saturated heterocycles. The zero-order valence-electron chi connectivity index (χ0n) is 17.6. The number of methoxy groups -OCH3 is 1. The van der Waals surface area contributed by atoms with Crippen molar-refractivity contribution in [3.63, 3.8) is 0 Å².